The molecule has 0 saturated heterocycles. The summed E-state index contributed by atoms with van der Waals surface area (Å²) in [6, 6.07) is 7.17. The first-order chi connectivity index (χ1) is 9.85. The maximum atomic E-state index is 12.8. The summed E-state index contributed by atoms with van der Waals surface area (Å²) in [6.45, 7) is 6.33. The van der Waals surface area contributed by atoms with Gasteiger partial charge in [-0.15, -0.1) is 0 Å². The SMILES string of the molecule is CC(C)(C)NC(CC1CCCC1)C(=O)c1cccc(Cl)c1. The summed E-state index contributed by atoms with van der Waals surface area (Å²) in [5.74, 6) is 0.840. The Balaban J connectivity index is 2.14. The third-order valence-corrected chi connectivity index (χ3v) is 4.31. The van der Waals surface area contributed by atoms with Crippen LogP contribution in [0, 0.1) is 5.92 Å². The molecule has 1 fully saturated rings. The van der Waals surface area contributed by atoms with Crippen molar-refractivity contribution in [1.29, 1.82) is 0 Å². The maximum absolute atomic E-state index is 12.8. The van der Waals surface area contributed by atoms with E-state index in [0.717, 1.165) is 6.42 Å². The van der Waals surface area contributed by atoms with Crippen LogP contribution in [0.5, 0.6) is 0 Å². The molecule has 1 N–H and O–H groups in total. The molecule has 0 aromatic heterocycles. The molecule has 1 atom stereocenters. The van der Waals surface area contributed by atoms with E-state index >= 15 is 0 Å². The lowest BCUT2D eigenvalue weighted by atomic mass is 9.91. The summed E-state index contributed by atoms with van der Waals surface area (Å²) >= 11 is 6.02. The summed E-state index contributed by atoms with van der Waals surface area (Å²) in [5, 5.41) is 4.13. The molecule has 0 spiro atoms. The van der Waals surface area contributed by atoms with Crippen LogP contribution in [0.25, 0.3) is 0 Å². The van der Waals surface area contributed by atoms with Gasteiger partial charge in [-0.3, -0.25) is 4.79 Å². The lowest BCUT2D eigenvalue weighted by molar-refractivity contribution is 0.0908. The average molecular weight is 308 g/mol. The minimum absolute atomic E-state index is 0.0719. The van der Waals surface area contributed by atoms with Crippen molar-refractivity contribution in [2.24, 2.45) is 5.92 Å². The summed E-state index contributed by atoms with van der Waals surface area (Å²) in [7, 11) is 0. The first kappa shape index (κ1) is 16.5. The largest absolute Gasteiger partial charge is 0.302 e. The Labute approximate surface area is 133 Å². The number of carbonyl (C=O) groups excluding carboxylic acids is 1. The Kier molecular flexibility index (Phi) is 5.45. The van der Waals surface area contributed by atoms with E-state index in [1.54, 1.807) is 6.07 Å². The van der Waals surface area contributed by atoms with Gasteiger partial charge in [-0.1, -0.05) is 49.4 Å². The molecule has 1 unspecified atom stereocenters. The van der Waals surface area contributed by atoms with Gasteiger partial charge in [-0.05, 0) is 45.2 Å². The van der Waals surface area contributed by atoms with Gasteiger partial charge >= 0.3 is 0 Å². The van der Waals surface area contributed by atoms with Crippen molar-refractivity contribution >= 4 is 17.4 Å². The summed E-state index contributed by atoms with van der Waals surface area (Å²) in [4.78, 5) is 12.8. The Bertz CT molecular complexity index is 486. The van der Waals surface area contributed by atoms with Crippen molar-refractivity contribution in [3.63, 3.8) is 0 Å². The van der Waals surface area contributed by atoms with Gasteiger partial charge in [0.2, 0.25) is 0 Å². The van der Waals surface area contributed by atoms with Crippen LogP contribution in [0.15, 0.2) is 24.3 Å². The van der Waals surface area contributed by atoms with Gasteiger partial charge in [0.1, 0.15) is 0 Å². The standard InChI is InChI=1S/C18H26ClNO/c1-18(2,3)20-16(11-13-7-4-5-8-13)17(21)14-9-6-10-15(19)12-14/h6,9-10,12-13,16,20H,4-5,7-8,11H2,1-3H3. The molecule has 3 heteroatoms. The van der Waals surface area contributed by atoms with Gasteiger partial charge in [0.25, 0.3) is 0 Å². The van der Waals surface area contributed by atoms with Crippen molar-refractivity contribution < 1.29 is 4.79 Å². The van der Waals surface area contributed by atoms with Crippen LogP contribution in [-0.4, -0.2) is 17.4 Å². The number of rotatable bonds is 5. The molecule has 0 heterocycles. The van der Waals surface area contributed by atoms with Gasteiger partial charge in [-0.25, -0.2) is 0 Å². The maximum Gasteiger partial charge on any atom is 0.179 e. The lowest BCUT2D eigenvalue weighted by Gasteiger charge is -2.29. The van der Waals surface area contributed by atoms with Crippen LogP contribution in [-0.2, 0) is 0 Å². The van der Waals surface area contributed by atoms with Crippen LogP contribution < -0.4 is 5.32 Å². The molecule has 1 aliphatic carbocycles. The molecule has 0 amide bonds. The number of hydrogen-bond acceptors (Lipinski definition) is 2. The van der Waals surface area contributed by atoms with Crippen LogP contribution in [0.2, 0.25) is 5.02 Å². The Hall–Kier alpha value is -0.860. The third kappa shape index (κ3) is 5.12. The van der Waals surface area contributed by atoms with E-state index in [1.165, 1.54) is 25.7 Å². The minimum atomic E-state index is -0.119. The van der Waals surface area contributed by atoms with E-state index in [0.29, 0.717) is 16.5 Å². The molecule has 2 nitrogen and oxygen atoms in total. The Morgan fingerprint density at radius 2 is 2.00 bits per heavy atom. The lowest BCUT2D eigenvalue weighted by Crippen LogP contribution is -2.48. The molecule has 2 rings (SSSR count). The highest BCUT2D eigenvalue weighted by atomic mass is 35.5. The number of benzene rings is 1. The molecule has 1 aromatic rings. The highest BCUT2D eigenvalue weighted by Crippen LogP contribution is 2.30. The molecule has 0 aliphatic heterocycles. The molecular formula is C18H26ClNO. The van der Waals surface area contributed by atoms with E-state index in [2.05, 4.69) is 26.1 Å². The van der Waals surface area contributed by atoms with Crippen LogP contribution in [0.4, 0.5) is 0 Å². The highest BCUT2D eigenvalue weighted by molar-refractivity contribution is 6.31. The van der Waals surface area contributed by atoms with Gasteiger partial charge in [0, 0.05) is 16.1 Å². The quantitative estimate of drug-likeness (QED) is 0.787. The van der Waals surface area contributed by atoms with E-state index < -0.39 is 0 Å². The van der Waals surface area contributed by atoms with Gasteiger partial charge < -0.3 is 5.32 Å². The van der Waals surface area contributed by atoms with Gasteiger partial charge in [-0.2, -0.15) is 0 Å². The first-order valence-corrected chi connectivity index (χ1v) is 8.30. The monoisotopic (exact) mass is 307 g/mol. The van der Waals surface area contributed by atoms with Crippen molar-refractivity contribution in [2.45, 2.75) is 64.5 Å². The van der Waals surface area contributed by atoms with E-state index in [4.69, 9.17) is 11.6 Å². The smallest absolute Gasteiger partial charge is 0.179 e. The minimum Gasteiger partial charge on any atom is -0.302 e. The summed E-state index contributed by atoms with van der Waals surface area (Å²) in [6.07, 6.45) is 6.05. The predicted molar refractivity (Wildman–Crippen MR) is 89.0 cm³/mol. The average Bonchev–Trinajstić information content (AvgIpc) is 2.88. The van der Waals surface area contributed by atoms with Gasteiger partial charge in [0.05, 0.1) is 6.04 Å². The van der Waals surface area contributed by atoms with Gasteiger partial charge in [0.15, 0.2) is 5.78 Å². The zero-order valence-corrected chi connectivity index (χ0v) is 14.0. The molecule has 1 saturated carbocycles. The molecular weight excluding hydrogens is 282 g/mol. The zero-order chi connectivity index (χ0) is 15.5. The van der Waals surface area contributed by atoms with E-state index in [9.17, 15) is 4.79 Å². The number of carbonyl (C=O) groups is 1. The summed E-state index contributed by atoms with van der Waals surface area (Å²) in [5.41, 5.74) is 0.638. The fraction of sp³-hybridized carbons (Fsp3) is 0.611. The third-order valence-electron chi connectivity index (χ3n) is 4.08. The topological polar surface area (TPSA) is 29.1 Å². The predicted octanol–water partition coefficient (Wildman–Crippen LogP) is 4.86. The molecule has 1 aromatic carbocycles. The van der Waals surface area contributed by atoms with Crippen molar-refractivity contribution in [3.8, 4) is 0 Å². The highest BCUT2D eigenvalue weighted by Gasteiger charge is 2.28. The fourth-order valence-corrected chi connectivity index (χ4v) is 3.37. The van der Waals surface area contributed by atoms with Crippen LogP contribution in [0.1, 0.15) is 63.2 Å². The fourth-order valence-electron chi connectivity index (χ4n) is 3.18. The second-order valence-corrected chi connectivity index (χ2v) is 7.64. The van der Waals surface area contributed by atoms with Crippen molar-refractivity contribution in [1.82, 2.24) is 5.32 Å². The first-order valence-electron chi connectivity index (χ1n) is 7.92. The molecule has 0 bridgehead atoms. The second kappa shape index (κ2) is 6.93. The molecule has 21 heavy (non-hydrogen) atoms. The van der Waals surface area contributed by atoms with Crippen molar-refractivity contribution in [2.75, 3.05) is 0 Å². The Morgan fingerprint density at radius 3 is 2.57 bits per heavy atom. The normalized spacial score (nSPS) is 17.9. The van der Waals surface area contributed by atoms with E-state index in [-0.39, 0.29) is 17.4 Å². The van der Waals surface area contributed by atoms with Crippen LogP contribution >= 0.6 is 11.6 Å². The molecule has 116 valence electrons. The number of ketones is 1. The molecule has 1 aliphatic rings. The summed E-state index contributed by atoms with van der Waals surface area (Å²) < 4.78 is 0. The number of hydrogen-bond donors (Lipinski definition) is 1. The number of nitrogens with one attached hydrogen (secondary N) is 1. The van der Waals surface area contributed by atoms with Crippen molar-refractivity contribution in [3.05, 3.63) is 34.9 Å². The number of Topliss-reactive ketones (excluding diaryl/α,β-unsaturated/α-hetero) is 1. The second-order valence-electron chi connectivity index (χ2n) is 7.21. The van der Waals surface area contributed by atoms with E-state index in [1.807, 2.05) is 18.2 Å². The number of halogens is 1. The zero-order valence-electron chi connectivity index (χ0n) is 13.3. The van der Waals surface area contributed by atoms with Crippen LogP contribution in [0.3, 0.4) is 0 Å². The Morgan fingerprint density at radius 1 is 1.33 bits per heavy atom. The molecule has 0 radical (unpaired) electrons.